The number of ether oxygens (including phenoxy) is 1. The fraction of sp³-hybridized carbons (Fsp3) is 0.526. The molecule has 3 aliphatic rings. The van der Waals surface area contributed by atoms with Gasteiger partial charge in [0.05, 0.1) is 28.5 Å². The van der Waals surface area contributed by atoms with E-state index in [0.717, 1.165) is 32.2 Å². The molecule has 1 saturated heterocycles. The van der Waals surface area contributed by atoms with Gasteiger partial charge in [-0.15, -0.1) is 0 Å². The van der Waals surface area contributed by atoms with Gasteiger partial charge in [-0.1, -0.05) is 29.3 Å². The van der Waals surface area contributed by atoms with Crippen LogP contribution in [0.5, 0.6) is 0 Å². The Morgan fingerprint density at radius 2 is 1.96 bits per heavy atom. The average Bonchev–Trinajstić information content (AvgIpc) is 3.23. The molecule has 1 heterocycles. The smallest absolute Gasteiger partial charge is 0.166 e. The van der Waals surface area contributed by atoms with Crippen LogP contribution >= 0.6 is 23.2 Å². The van der Waals surface area contributed by atoms with E-state index in [0.29, 0.717) is 38.8 Å². The SMILES string of the molecule is NC(=C(COC1CC2CC1CN2)C(=O)C1CC1)c1c(Cl)cccc1Cl. The van der Waals surface area contributed by atoms with E-state index in [1.165, 1.54) is 0 Å². The van der Waals surface area contributed by atoms with Crippen molar-refractivity contribution in [3.8, 4) is 0 Å². The second kappa shape index (κ2) is 6.92. The Morgan fingerprint density at radius 3 is 2.52 bits per heavy atom. The summed E-state index contributed by atoms with van der Waals surface area (Å²) in [5.41, 5.74) is 7.78. The Morgan fingerprint density at radius 1 is 1.24 bits per heavy atom. The molecule has 6 heteroatoms. The third-order valence-electron chi connectivity index (χ3n) is 5.54. The molecule has 2 bridgehead atoms. The van der Waals surface area contributed by atoms with Crippen molar-refractivity contribution in [1.29, 1.82) is 0 Å². The molecule has 0 spiro atoms. The molecular formula is C19H22Cl2N2O2. The highest BCUT2D eigenvalue weighted by Gasteiger charge is 2.41. The molecule has 3 unspecified atom stereocenters. The fourth-order valence-corrected chi connectivity index (χ4v) is 4.56. The highest BCUT2D eigenvalue weighted by molar-refractivity contribution is 6.37. The molecular weight excluding hydrogens is 359 g/mol. The summed E-state index contributed by atoms with van der Waals surface area (Å²) in [5.74, 6) is 0.683. The van der Waals surface area contributed by atoms with Crippen LogP contribution in [0.1, 0.15) is 31.2 Å². The van der Waals surface area contributed by atoms with Crippen molar-refractivity contribution >= 4 is 34.7 Å². The van der Waals surface area contributed by atoms with Gasteiger partial charge in [0.2, 0.25) is 0 Å². The number of rotatable bonds is 6. The Kier molecular flexibility index (Phi) is 4.80. The van der Waals surface area contributed by atoms with Crippen LogP contribution in [0.2, 0.25) is 10.0 Å². The van der Waals surface area contributed by atoms with E-state index < -0.39 is 0 Å². The van der Waals surface area contributed by atoms with Crippen LogP contribution in [0.15, 0.2) is 23.8 Å². The van der Waals surface area contributed by atoms with Crippen molar-refractivity contribution in [2.75, 3.05) is 13.2 Å². The number of benzene rings is 1. The number of fused-ring (bicyclic) bond motifs is 2. The number of nitrogens with one attached hydrogen (secondary N) is 1. The zero-order chi connectivity index (χ0) is 17.6. The third-order valence-corrected chi connectivity index (χ3v) is 6.17. The van der Waals surface area contributed by atoms with Crippen LogP contribution in [-0.2, 0) is 9.53 Å². The molecule has 1 aromatic rings. The summed E-state index contributed by atoms with van der Waals surface area (Å²) in [5, 5.41) is 4.38. The molecule has 2 saturated carbocycles. The Bertz CT molecular complexity index is 710. The minimum Gasteiger partial charge on any atom is -0.398 e. The highest BCUT2D eigenvalue weighted by atomic mass is 35.5. The Hall–Kier alpha value is -1.07. The second-order valence-electron chi connectivity index (χ2n) is 7.31. The normalized spacial score (nSPS) is 29.0. The predicted molar refractivity (Wildman–Crippen MR) is 99.6 cm³/mol. The van der Waals surface area contributed by atoms with Gasteiger partial charge in [-0.05, 0) is 43.7 Å². The fourth-order valence-electron chi connectivity index (χ4n) is 3.96. The standard InChI is InChI=1S/C19H22Cl2N2O2/c20-14-2-1-3-15(21)17(14)18(22)13(19(24)10-4-5-10)9-25-16-7-12-6-11(16)8-23-12/h1-3,10-12,16,23H,4-9,22H2. The maximum absolute atomic E-state index is 12.8. The lowest BCUT2D eigenvalue weighted by Gasteiger charge is -2.24. The number of Topliss-reactive ketones (excluding diaryl/α,β-unsaturated/α-hetero) is 1. The first-order valence-corrected chi connectivity index (χ1v) is 9.62. The zero-order valence-electron chi connectivity index (χ0n) is 13.9. The van der Waals surface area contributed by atoms with E-state index >= 15 is 0 Å². The minimum atomic E-state index is 0.0695. The van der Waals surface area contributed by atoms with Gasteiger partial charge in [-0.25, -0.2) is 0 Å². The van der Waals surface area contributed by atoms with Crippen molar-refractivity contribution in [3.05, 3.63) is 39.4 Å². The maximum Gasteiger partial charge on any atom is 0.166 e. The molecule has 3 N–H and O–H groups in total. The molecule has 1 aliphatic heterocycles. The average molecular weight is 381 g/mol. The van der Waals surface area contributed by atoms with Crippen molar-refractivity contribution in [2.24, 2.45) is 17.6 Å². The molecule has 0 amide bonds. The molecule has 4 rings (SSSR count). The summed E-state index contributed by atoms with van der Waals surface area (Å²) in [7, 11) is 0. The first-order chi connectivity index (χ1) is 12.0. The number of hydrogen-bond acceptors (Lipinski definition) is 4. The van der Waals surface area contributed by atoms with Crippen molar-refractivity contribution in [3.63, 3.8) is 0 Å². The largest absolute Gasteiger partial charge is 0.398 e. The second-order valence-corrected chi connectivity index (χ2v) is 8.13. The van der Waals surface area contributed by atoms with E-state index in [4.69, 9.17) is 33.7 Å². The number of piperidine rings is 1. The molecule has 3 atom stereocenters. The van der Waals surface area contributed by atoms with Gasteiger partial charge in [-0.3, -0.25) is 4.79 Å². The predicted octanol–water partition coefficient (Wildman–Crippen LogP) is 3.41. The molecule has 2 aliphatic carbocycles. The van der Waals surface area contributed by atoms with Crippen molar-refractivity contribution in [1.82, 2.24) is 5.32 Å². The zero-order valence-corrected chi connectivity index (χ0v) is 15.4. The number of nitrogens with two attached hydrogens (primary N) is 1. The molecule has 0 aromatic heterocycles. The first-order valence-electron chi connectivity index (χ1n) is 8.86. The van der Waals surface area contributed by atoms with Gasteiger partial charge in [0, 0.05) is 29.6 Å². The molecule has 25 heavy (non-hydrogen) atoms. The van der Waals surface area contributed by atoms with Gasteiger partial charge in [0.15, 0.2) is 5.78 Å². The lowest BCUT2D eigenvalue weighted by atomic mass is 10.0. The van der Waals surface area contributed by atoms with E-state index in [9.17, 15) is 4.79 Å². The van der Waals surface area contributed by atoms with Gasteiger partial charge in [0.1, 0.15) is 0 Å². The van der Waals surface area contributed by atoms with Gasteiger partial charge in [0.25, 0.3) is 0 Å². The van der Waals surface area contributed by atoms with E-state index in [2.05, 4.69) is 5.32 Å². The highest BCUT2D eigenvalue weighted by Crippen LogP contribution is 2.38. The lowest BCUT2D eigenvalue weighted by molar-refractivity contribution is -0.117. The number of carbonyl (C=O) groups is 1. The van der Waals surface area contributed by atoms with Crippen LogP contribution in [0.3, 0.4) is 0 Å². The number of hydrogen-bond donors (Lipinski definition) is 2. The van der Waals surface area contributed by atoms with Crippen molar-refractivity contribution < 1.29 is 9.53 Å². The molecule has 134 valence electrons. The van der Waals surface area contributed by atoms with E-state index in [1.807, 2.05) is 0 Å². The van der Waals surface area contributed by atoms with E-state index in [1.54, 1.807) is 18.2 Å². The number of ketones is 1. The number of carbonyl (C=O) groups excluding carboxylic acids is 1. The Labute approximate surface area is 157 Å². The minimum absolute atomic E-state index is 0.0695. The molecule has 0 radical (unpaired) electrons. The Balaban J connectivity index is 1.60. The summed E-state index contributed by atoms with van der Waals surface area (Å²) in [6.07, 6.45) is 4.20. The van der Waals surface area contributed by atoms with Crippen LogP contribution in [0.4, 0.5) is 0 Å². The molecule has 3 fully saturated rings. The third kappa shape index (κ3) is 3.45. The van der Waals surface area contributed by atoms with Crippen LogP contribution in [0.25, 0.3) is 5.70 Å². The van der Waals surface area contributed by atoms with Gasteiger partial charge >= 0.3 is 0 Å². The van der Waals surface area contributed by atoms with Crippen LogP contribution in [0, 0.1) is 11.8 Å². The van der Waals surface area contributed by atoms with Crippen LogP contribution < -0.4 is 11.1 Å². The summed E-state index contributed by atoms with van der Waals surface area (Å²) < 4.78 is 6.14. The van der Waals surface area contributed by atoms with E-state index in [-0.39, 0.29) is 24.4 Å². The lowest BCUT2D eigenvalue weighted by Crippen LogP contribution is -2.35. The van der Waals surface area contributed by atoms with Gasteiger partial charge in [-0.2, -0.15) is 0 Å². The molecule has 4 nitrogen and oxygen atoms in total. The quantitative estimate of drug-likeness (QED) is 0.742. The summed E-state index contributed by atoms with van der Waals surface area (Å²) in [6.45, 7) is 1.23. The molecule has 1 aromatic carbocycles. The summed E-state index contributed by atoms with van der Waals surface area (Å²) in [4.78, 5) is 12.8. The maximum atomic E-state index is 12.8. The first kappa shape index (κ1) is 17.3. The topological polar surface area (TPSA) is 64.3 Å². The van der Waals surface area contributed by atoms with Crippen LogP contribution in [-0.4, -0.2) is 31.1 Å². The summed E-state index contributed by atoms with van der Waals surface area (Å²) >= 11 is 12.6. The van der Waals surface area contributed by atoms with Gasteiger partial charge < -0.3 is 15.8 Å². The van der Waals surface area contributed by atoms with Crippen molar-refractivity contribution in [2.45, 2.75) is 37.8 Å². The monoisotopic (exact) mass is 380 g/mol. The number of halogens is 2. The summed E-state index contributed by atoms with van der Waals surface area (Å²) in [6, 6.07) is 5.79.